The maximum Gasteiger partial charge on any atom is 0.411 e. The summed E-state index contributed by atoms with van der Waals surface area (Å²) in [4.78, 5) is 0.00303. The molecule has 0 atom stereocenters. The summed E-state index contributed by atoms with van der Waals surface area (Å²) in [6, 6.07) is 4.51. The Kier molecular flexibility index (Phi) is 7.11. The summed E-state index contributed by atoms with van der Waals surface area (Å²) in [6.07, 6.45) is -3.92. The number of hydrogen-bond acceptors (Lipinski definition) is 4. The molecule has 0 unspecified atom stereocenters. The van der Waals surface area contributed by atoms with Gasteiger partial charge in [-0.15, -0.1) is 0 Å². The van der Waals surface area contributed by atoms with E-state index in [4.69, 9.17) is 15.4 Å². The van der Waals surface area contributed by atoms with Crippen molar-refractivity contribution in [2.24, 2.45) is 0 Å². The van der Waals surface area contributed by atoms with Gasteiger partial charge in [-0.05, 0) is 36.6 Å². The maximum absolute atomic E-state index is 11.8. The van der Waals surface area contributed by atoms with Crippen LogP contribution in [-0.4, -0.2) is 41.0 Å². The van der Waals surface area contributed by atoms with Gasteiger partial charge >= 0.3 is 6.18 Å². The summed E-state index contributed by atoms with van der Waals surface area (Å²) in [5.74, 6) is 0. The Balaban J connectivity index is 2.36. The minimum atomic E-state index is -4.34. The lowest BCUT2D eigenvalue weighted by atomic mass is 10.1. The Morgan fingerprint density at radius 3 is 2.36 bits per heavy atom. The van der Waals surface area contributed by atoms with E-state index in [2.05, 4.69) is 4.74 Å². The van der Waals surface area contributed by atoms with Gasteiger partial charge < -0.3 is 9.47 Å². The molecule has 0 spiro atoms. The van der Waals surface area contributed by atoms with Crippen LogP contribution in [0.25, 0.3) is 0 Å². The Hall–Kier alpha value is -0.830. The molecule has 126 valence electrons. The molecule has 22 heavy (non-hydrogen) atoms. The molecular weight excluding hydrogens is 345 g/mol. The van der Waals surface area contributed by atoms with Gasteiger partial charge in [-0.2, -0.15) is 13.2 Å². The zero-order valence-corrected chi connectivity index (χ0v) is 13.4. The van der Waals surface area contributed by atoms with Crippen molar-refractivity contribution in [3.8, 4) is 0 Å². The van der Waals surface area contributed by atoms with E-state index >= 15 is 0 Å². The van der Waals surface area contributed by atoms with Crippen LogP contribution < -0.4 is 0 Å². The predicted octanol–water partition coefficient (Wildman–Crippen LogP) is 3.06. The first-order valence-corrected chi connectivity index (χ1v) is 8.67. The standard InChI is InChI=1S/C13H16ClF3O4S/c1-10-2-3-12(22(14,18)19)8-11(10)4-5-20-6-7-21-9-13(15,16)17/h2-3,8H,4-7,9H2,1H3. The third-order valence-electron chi connectivity index (χ3n) is 2.76. The van der Waals surface area contributed by atoms with E-state index in [1.54, 1.807) is 6.07 Å². The summed E-state index contributed by atoms with van der Waals surface area (Å²) in [5.41, 5.74) is 1.62. The Morgan fingerprint density at radius 1 is 1.14 bits per heavy atom. The van der Waals surface area contributed by atoms with Crippen LogP contribution in [0.1, 0.15) is 11.1 Å². The molecule has 0 radical (unpaired) electrons. The first-order chi connectivity index (χ1) is 10.1. The second-order valence-electron chi connectivity index (χ2n) is 4.56. The van der Waals surface area contributed by atoms with Gasteiger partial charge in [-0.25, -0.2) is 8.42 Å². The summed E-state index contributed by atoms with van der Waals surface area (Å²) >= 11 is 0. The lowest BCUT2D eigenvalue weighted by Crippen LogP contribution is -2.19. The van der Waals surface area contributed by atoms with Crippen molar-refractivity contribution in [2.45, 2.75) is 24.4 Å². The van der Waals surface area contributed by atoms with Crippen molar-refractivity contribution in [1.82, 2.24) is 0 Å². The summed E-state index contributed by atoms with van der Waals surface area (Å²) < 4.78 is 67.5. The quantitative estimate of drug-likeness (QED) is 0.528. The molecule has 1 aromatic rings. The molecule has 0 N–H and O–H groups in total. The van der Waals surface area contributed by atoms with Crippen molar-refractivity contribution >= 4 is 19.7 Å². The molecule has 0 saturated heterocycles. The first kappa shape index (κ1) is 19.2. The van der Waals surface area contributed by atoms with Crippen LogP contribution in [-0.2, 0) is 24.9 Å². The molecule has 0 amide bonds. The van der Waals surface area contributed by atoms with E-state index < -0.39 is 21.8 Å². The average Bonchev–Trinajstić information content (AvgIpc) is 2.37. The monoisotopic (exact) mass is 360 g/mol. The van der Waals surface area contributed by atoms with Crippen molar-refractivity contribution in [3.63, 3.8) is 0 Å². The summed E-state index contributed by atoms with van der Waals surface area (Å²) in [5, 5.41) is 0. The highest BCUT2D eigenvalue weighted by Gasteiger charge is 2.27. The van der Waals surface area contributed by atoms with Crippen LogP contribution in [0, 0.1) is 6.92 Å². The number of alkyl halides is 3. The van der Waals surface area contributed by atoms with Crippen LogP contribution >= 0.6 is 10.7 Å². The molecule has 0 aliphatic rings. The van der Waals surface area contributed by atoms with Crippen LogP contribution in [0.5, 0.6) is 0 Å². The SMILES string of the molecule is Cc1ccc(S(=O)(=O)Cl)cc1CCOCCOCC(F)(F)F. The lowest BCUT2D eigenvalue weighted by molar-refractivity contribution is -0.176. The van der Waals surface area contributed by atoms with Gasteiger partial charge in [0, 0.05) is 10.7 Å². The molecule has 1 aromatic carbocycles. The highest BCUT2D eigenvalue weighted by atomic mass is 35.7. The second-order valence-corrected chi connectivity index (χ2v) is 7.12. The summed E-state index contributed by atoms with van der Waals surface area (Å²) in [6.45, 7) is 0.622. The number of hydrogen-bond donors (Lipinski definition) is 0. The first-order valence-electron chi connectivity index (χ1n) is 6.36. The predicted molar refractivity (Wildman–Crippen MR) is 75.6 cm³/mol. The Bertz CT molecular complexity index is 587. The number of rotatable bonds is 8. The van der Waals surface area contributed by atoms with Crippen molar-refractivity contribution in [2.75, 3.05) is 26.4 Å². The topological polar surface area (TPSA) is 52.6 Å². The van der Waals surface area contributed by atoms with Gasteiger partial charge in [0.15, 0.2) is 0 Å². The Morgan fingerprint density at radius 2 is 1.77 bits per heavy atom. The highest BCUT2D eigenvalue weighted by Crippen LogP contribution is 2.19. The second kappa shape index (κ2) is 8.14. The maximum atomic E-state index is 11.8. The fraction of sp³-hybridized carbons (Fsp3) is 0.538. The molecule has 0 aromatic heterocycles. The van der Waals surface area contributed by atoms with E-state index in [1.165, 1.54) is 12.1 Å². The molecule has 0 heterocycles. The molecular formula is C13H16ClF3O4S. The van der Waals surface area contributed by atoms with Gasteiger partial charge in [-0.3, -0.25) is 0 Å². The number of benzene rings is 1. The molecule has 1 rings (SSSR count). The minimum Gasteiger partial charge on any atom is -0.379 e. The Labute approximate surface area is 131 Å². The average molecular weight is 361 g/mol. The minimum absolute atomic E-state index is 0.00303. The number of halogens is 4. The van der Waals surface area contributed by atoms with Crippen LogP contribution in [0.3, 0.4) is 0 Å². The zero-order chi connectivity index (χ0) is 16.8. The van der Waals surface area contributed by atoms with Crippen molar-refractivity contribution < 1.29 is 31.1 Å². The fourth-order valence-corrected chi connectivity index (χ4v) is 2.46. The highest BCUT2D eigenvalue weighted by molar-refractivity contribution is 8.13. The fourth-order valence-electron chi connectivity index (χ4n) is 1.66. The van der Waals surface area contributed by atoms with Gasteiger partial charge in [0.25, 0.3) is 9.05 Å². The normalized spacial score (nSPS) is 12.6. The third-order valence-corrected chi connectivity index (χ3v) is 4.11. The third kappa shape index (κ3) is 7.44. The lowest BCUT2D eigenvalue weighted by Gasteiger charge is -2.10. The molecule has 0 bridgehead atoms. The van der Waals surface area contributed by atoms with E-state index in [0.717, 1.165) is 11.1 Å². The van der Waals surface area contributed by atoms with E-state index in [9.17, 15) is 21.6 Å². The van der Waals surface area contributed by atoms with E-state index in [-0.39, 0.29) is 24.7 Å². The smallest absolute Gasteiger partial charge is 0.379 e. The van der Waals surface area contributed by atoms with Crippen LogP contribution in [0.2, 0.25) is 0 Å². The van der Waals surface area contributed by atoms with Crippen molar-refractivity contribution in [3.05, 3.63) is 29.3 Å². The molecule has 4 nitrogen and oxygen atoms in total. The van der Waals surface area contributed by atoms with Gasteiger partial charge in [0.1, 0.15) is 6.61 Å². The molecule has 9 heteroatoms. The number of ether oxygens (including phenoxy) is 2. The van der Waals surface area contributed by atoms with Gasteiger partial charge in [0.05, 0.1) is 24.7 Å². The van der Waals surface area contributed by atoms with Crippen LogP contribution in [0.4, 0.5) is 13.2 Å². The number of aryl methyl sites for hydroxylation is 1. The molecule has 0 aliphatic heterocycles. The molecule has 0 saturated carbocycles. The molecule has 0 aliphatic carbocycles. The van der Waals surface area contributed by atoms with Gasteiger partial charge in [0.2, 0.25) is 0 Å². The van der Waals surface area contributed by atoms with Crippen LogP contribution in [0.15, 0.2) is 23.1 Å². The van der Waals surface area contributed by atoms with Crippen molar-refractivity contribution in [1.29, 1.82) is 0 Å². The molecule has 0 fully saturated rings. The van der Waals surface area contributed by atoms with Gasteiger partial charge in [-0.1, -0.05) is 6.07 Å². The largest absolute Gasteiger partial charge is 0.411 e. The zero-order valence-electron chi connectivity index (χ0n) is 11.8. The van der Waals surface area contributed by atoms with E-state index in [1.807, 2.05) is 6.92 Å². The summed E-state index contributed by atoms with van der Waals surface area (Å²) in [7, 11) is 1.48. The van der Waals surface area contributed by atoms with E-state index in [0.29, 0.717) is 6.42 Å².